The van der Waals surface area contributed by atoms with E-state index in [0.29, 0.717) is 37.8 Å². The molecule has 0 aromatic carbocycles. The van der Waals surface area contributed by atoms with E-state index in [9.17, 15) is 19.6 Å². The largest absolute Gasteiger partial charge is 0.466 e. The van der Waals surface area contributed by atoms with E-state index in [2.05, 4.69) is 37.3 Å². The Morgan fingerprint density at radius 2 is 1.85 bits per heavy atom. The molecule has 8 atom stereocenters. The van der Waals surface area contributed by atoms with Gasteiger partial charge in [-0.3, -0.25) is 9.59 Å². The summed E-state index contributed by atoms with van der Waals surface area (Å²) in [6, 6.07) is 0. The summed E-state index contributed by atoms with van der Waals surface area (Å²) in [5.74, 6) is -0.839. The summed E-state index contributed by atoms with van der Waals surface area (Å²) in [6.45, 7) is 14.9. The van der Waals surface area contributed by atoms with E-state index in [0.717, 1.165) is 30.5 Å². The zero-order chi connectivity index (χ0) is 29.6. The highest BCUT2D eigenvalue weighted by Gasteiger charge is 2.70. The number of allylic oxidation sites excluding steroid dienone is 2. The predicted molar refractivity (Wildman–Crippen MR) is 153 cm³/mol. The fourth-order valence-electron chi connectivity index (χ4n) is 9.48. The van der Waals surface area contributed by atoms with E-state index in [-0.39, 0.29) is 51.8 Å². The van der Waals surface area contributed by atoms with Crippen molar-refractivity contribution in [3.05, 3.63) is 22.8 Å². The van der Waals surface area contributed by atoms with Crippen molar-refractivity contribution < 1.29 is 29.1 Å². The van der Waals surface area contributed by atoms with Crippen LogP contribution in [0.25, 0.3) is 0 Å². The van der Waals surface area contributed by atoms with Gasteiger partial charge in [-0.2, -0.15) is 0 Å². The van der Waals surface area contributed by atoms with Gasteiger partial charge in [-0.05, 0) is 92.4 Å². The molecule has 3 aliphatic carbocycles. The number of fused-ring (bicyclic) bond motifs is 5. The highest BCUT2D eigenvalue weighted by atomic mass is 16.5. The SMILES string of the molecule is COC(=O)/C(CCC=C(C)C)=C1/C2C/C(=N\O)C3[C@@]4(C)CCNC(=O)[C@@H](C)C4CC[C@@]3(C)[C@@]2(C)C[C@@H]1OC(C)=O. The molecule has 1 saturated heterocycles. The third kappa shape index (κ3) is 4.69. The minimum atomic E-state index is -0.550. The van der Waals surface area contributed by atoms with Crippen LogP contribution in [0.3, 0.4) is 0 Å². The van der Waals surface area contributed by atoms with Gasteiger partial charge in [0, 0.05) is 30.9 Å². The fourth-order valence-corrected chi connectivity index (χ4v) is 9.48. The molecule has 8 heteroatoms. The van der Waals surface area contributed by atoms with Crippen molar-refractivity contribution in [2.24, 2.45) is 45.1 Å². The molecule has 1 heterocycles. The molecule has 8 nitrogen and oxygen atoms in total. The average Bonchev–Trinajstić information content (AvgIpc) is 3.10. The van der Waals surface area contributed by atoms with Crippen LogP contribution < -0.4 is 5.32 Å². The lowest BCUT2D eigenvalue weighted by molar-refractivity contribution is -0.149. The van der Waals surface area contributed by atoms with Gasteiger partial charge < -0.3 is 20.0 Å². The van der Waals surface area contributed by atoms with Crippen LogP contribution in [0, 0.1) is 39.9 Å². The van der Waals surface area contributed by atoms with E-state index < -0.39 is 12.1 Å². The minimum Gasteiger partial charge on any atom is -0.466 e. The Bertz CT molecular complexity index is 1150. The highest BCUT2D eigenvalue weighted by Crippen LogP contribution is 2.73. The summed E-state index contributed by atoms with van der Waals surface area (Å²) in [6.07, 6.45) is 6.32. The maximum atomic E-state index is 13.3. The van der Waals surface area contributed by atoms with Gasteiger partial charge in [0.05, 0.1) is 12.8 Å². The third-order valence-electron chi connectivity index (χ3n) is 11.4. The second-order valence-corrected chi connectivity index (χ2v) is 13.6. The van der Waals surface area contributed by atoms with Gasteiger partial charge in [0.1, 0.15) is 6.10 Å². The molecule has 3 saturated carbocycles. The predicted octanol–water partition coefficient (Wildman–Crippen LogP) is 5.59. The van der Waals surface area contributed by atoms with Crippen LogP contribution in [-0.4, -0.2) is 48.5 Å². The lowest BCUT2D eigenvalue weighted by atomic mass is 9.38. The molecule has 4 fully saturated rings. The van der Waals surface area contributed by atoms with Crippen LogP contribution in [0.4, 0.5) is 0 Å². The Morgan fingerprint density at radius 1 is 1.15 bits per heavy atom. The molecule has 222 valence electrons. The van der Waals surface area contributed by atoms with Crippen molar-refractivity contribution in [1.82, 2.24) is 5.32 Å². The fraction of sp³-hybridized carbons (Fsp3) is 0.750. The number of ether oxygens (including phenoxy) is 2. The number of carbonyl (C=O) groups is 3. The Hall–Kier alpha value is -2.64. The zero-order valence-electron chi connectivity index (χ0n) is 25.6. The molecule has 0 spiro atoms. The van der Waals surface area contributed by atoms with Gasteiger partial charge in [0.25, 0.3) is 0 Å². The van der Waals surface area contributed by atoms with E-state index >= 15 is 0 Å². The van der Waals surface area contributed by atoms with Gasteiger partial charge in [-0.1, -0.05) is 44.5 Å². The first-order chi connectivity index (χ1) is 18.7. The summed E-state index contributed by atoms with van der Waals surface area (Å²) in [4.78, 5) is 38.5. The molecule has 4 aliphatic rings. The average molecular weight is 557 g/mol. The lowest BCUT2D eigenvalue weighted by Gasteiger charge is -2.65. The maximum absolute atomic E-state index is 13.3. The first-order valence-electron chi connectivity index (χ1n) is 14.9. The number of nitrogens with one attached hydrogen (secondary N) is 1. The Kier molecular flexibility index (Phi) is 8.32. The van der Waals surface area contributed by atoms with Gasteiger partial charge in [0.2, 0.25) is 5.91 Å². The molecular formula is C32H48N2O6. The smallest absolute Gasteiger partial charge is 0.333 e. The van der Waals surface area contributed by atoms with Crippen molar-refractivity contribution in [2.75, 3.05) is 13.7 Å². The second kappa shape index (κ2) is 11.0. The van der Waals surface area contributed by atoms with Crippen molar-refractivity contribution in [3.63, 3.8) is 0 Å². The Balaban J connectivity index is 1.90. The number of nitrogens with zero attached hydrogens (tertiary/aromatic N) is 1. The molecule has 0 aromatic rings. The lowest BCUT2D eigenvalue weighted by Crippen LogP contribution is -2.63. The first kappa shape index (κ1) is 30.3. The maximum Gasteiger partial charge on any atom is 0.333 e. The molecule has 0 radical (unpaired) electrons. The first-order valence-corrected chi connectivity index (χ1v) is 14.9. The molecule has 3 unspecified atom stereocenters. The summed E-state index contributed by atoms with van der Waals surface area (Å²) in [7, 11) is 1.39. The normalized spacial score (nSPS) is 41.0. The Labute approximate surface area is 239 Å². The molecule has 2 N–H and O–H groups in total. The van der Waals surface area contributed by atoms with Crippen molar-refractivity contribution >= 4 is 23.6 Å². The summed E-state index contributed by atoms with van der Waals surface area (Å²) in [5, 5.41) is 17.6. The van der Waals surface area contributed by atoms with Gasteiger partial charge in [-0.15, -0.1) is 0 Å². The third-order valence-corrected chi connectivity index (χ3v) is 11.4. The van der Waals surface area contributed by atoms with Gasteiger partial charge in [0.15, 0.2) is 0 Å². The summed E-state index contributed by atoms with van der Waals surface area (Å²) >= 11 is 0. The quantitative estimate of drug-likeness (QED) is 0.150. The number of hydrogen-bond donors (Lipinski definition) is 2. The molecule has 40 heavy (non-hydrogen) atoms. The number of esters is 2. The number of carbonyl (C=O) groups excluding carboxylic acids is 3. The van der Waals surface area contributed by atoms with Crippen LogP contribution in [-0.2, 0) is 23.9 Å². The van der Waals surface area contributed by atoms with Crippen molar-refractivity contribution in [3.8, 4) is 0 Å². The molecule has 0 bridgehead atoms. The number of methoxy groups -OCH3 is 1. The molecule has 1 amide bonds. The summed E-state index contributed by atoms with van der Waals surface area (Å²) in [5.41, 5.74) is 2.39. The molecule has 4 rings (SSSR count). The van der Waals surface area contributed by atoms with Crippen LogP contribution in [0.5, 0.6) is 0 Å². The highest BCUT2D eigenvalue weighted by molar-refractivity contribution is 5.93. The molecule has 0 aromatic heterocycles. The monoisotopic (exact) mass is 556 g/mol. The zero-order valence-corrected chi connectivity index (χ0v) is 25.6. The number of oxime groups is 1. The van der Waals surface area contributed by atoms with E-state index in [1.165, 1.54) is 19.6 Å². The standard InChI is InChI=1S/C32H48N2O6/c1-18(2)10-9-11-21(29(37)39-8)26-23-16-24(34-38)27-30(5)14-15-33-28(36)19(3)22(30)12-13-31(27,6)32(23,7)17-25(26)40-20(4)35/h10,19,22-23,25,27,38H,9,11-17H2,1-8H3,(H,33,36)/b26-21-,34-24+/t19-,22?,23?,25-,27?,30-,31+,32-/m0/s1. The number of rotatable bonds is 5. The van der Waals surface area contributed by atoms with Crippen molar-refractivity contribution in [2.45, 2.75) is 99.5 Å². The topological polar surface area (TPSA) is 114 Å². The summed E-state index contributed by atoms with van der Waals surface area (Å²) < 4.78 is 11.3. The van der Waals surface area contributed by atoms with Gasteiger partial charge >= 0.3 is 11.9 Å². The van der Waals surface area contributed by atoms with Crippen LogP contribution in [0.1, 0.15) is 93.4 Å². The van der Waals surface area contributed by atoms with E-state index in [4.69, 9.17) is 9.47 Å². The van der Waals surface area contributed by atoms with Gasteiger partial charge in [-0.25, -0.2) is 4.79 Å². The number of hydrogen-bond acceptors (Lipinski definition) is 7. The second-order valence-electron chi connectivity index (χ2n) is 13.6. The molecular weight excluding hydrogens is 508 g/mol. The van der Waals surface area contributed by atoms with E-state index in [1.54, 1.807) is 0 Å². The minimum absolute atomic E-state index is 0.0512. The number of amides is 1. The molecule has 1 aliphatic heterocycles. The van der Waals surface area contributed by atoms with Crippen LogP contribution in [0.15, 0.2) is 28.0 Å². The van der Waals surface area contributed by atoms with Crippen LogP contribution in [0.2, 0.25) is 0 Å². The van der Waals surface area contributed by atoms with Crippen LogP contribution >= 0.6 is 0 Å². The van der Waals surface area contributed by atoms with Crippen molar-refractivity contribution in [1.29, 1.82) is 0 Å². The van der Waals surface area contributed by atoms with E-state index in [1.807, 2.05) is 20.8 Å². The Morgan fingerprint density at radius 3 is 2.45 bits per heavy atom.